The van der Waals surface area contributed by atoms with Crippen molar-refractivity contribution in [2.45, 2.75) is 13.8 Å². The summed E-state index contributed by atoms with van der Waals surface area (Å²) in [4.78, 5) is 3.76. The van der Waals surface area contributed by atoms with Crippen LogP contribution >= 0.6 is 0 Å². The van der Waals surface area contributed by atoms with Crippen molar-refractivity contribution >= 4 is 21.5 Å². The summed E-state index contributed by atoms with van der Waals surface area (Å²) >= 11 is -2.81. The smallest absolute Gasteiger partial charge is 0.289 e. The lowest BCUT2D eigenvalue weighted by Gasteiger charge is -2.27. The number of hydrogen-bond acceptors (Lipinski definition) is 6. The van der Waals surface area contributed by atoms with Gasteiger partial charge in [-0.3, -0.25) is 4.21 Å². The normalized spacial score (nSPS) is 14.4. The van der Waals surface area contributed by atoms with Crippen molar-refractivity contribution in [3.63, 3.8) is 0 Å². The SMILES string of the molecule is CCN(CC)CCN(S(=O)[O-])S(=O)(=O)NCCN(C)C. The molecule has 0 aliphatic heterocycles. The van der Waals surface area contributed by atoms with Gasteiger partial charge in [-0.15, -0.1) is 3.71 Å². The van der Waals surface area contributed by atoms with Crippen LogP contribution in [0.1, 0.15) is 13.8 Å². The maximum Gasteiger partial charge on any atom is 0.289 e. The second kappa shape index (κ2) is 9.77. The molecule has 0 radical (unpaired) electrons. The Kier molecular flexibility index (Phi) is 9.72. The topological polar surface area (TPSA) is 96.0 Å². The van der Waals surface area contributed by atoms with Gasteiger partial charge in [0.15, 0.2) is 0 Å². The summed E-state index contributed by atoms with van der Waals surface area (Å²) < 4.78 is 48.8. The van der Waals surface area contributed by atoms with Crippen LogP contribution in [0, 0.1) is 0 Å². The minimum Gasteiger partial charge on any atom is -0.759 e. The van der Waals surface area contributed by atoms with Gasteiger partial charge in [0.1, 0.15) is 0 Å². The first-order chi connectivity index (χ1) is 9.24. The molecule has 0 bridgehead atoms. The number of hydrogen-bond donors (Lipinski definition) is 1. The van der Waals surface area contributed by atoms with Crippen LogP contribution in [-0.2, 0) is 21.5 Å². The molecule has 0 aliphatic carbocycles. The highest BCUT2D eigenvalue weighted by Gasteiger charge is 2.22. The zero-order valence-electron chi connectivity index (χ0n) is 12.5. The summed E-state index contributed by atoms with van der Waals surface area (Å²) in [6.45, 7) is 6.29. The number of rotatable bonds is 11. The fourth-order valence-electron chi connectivity index (χ4n) is 1.51. The molecule has 0 aromatic carbocycles. The summed E-state index contributed by atoms with van der Waals surface area (Å²) in [5, 5.41) is 0. The first kappa shape index (κ1) is 19.9. The molecule has 0 aromatic heterocycles. The van der Waals surface area contributed by atoms with Crippen molar-refractivity contribution in [1.29, 1.82) is 0 Å². The fraction of sp³-hybridized carbons (Fsp3) is 1.00. The molecule has 1 unspecified atom stereocenters. The largest absolute Gasteiger partial charge is 0.759 e. The minimum absolute atomic E-state index is 0.0882. The van der Waals surface area contributed by atoms with Crippen molar-refractivity contribution in [3.05, 3.63) is 0 Å². The predicted octanol–water partition coefficient (Wildman–Crippen LogP) is -1.18. The van der Waals surface area contributed by atoms with Gasteiger partial charge in [-0.05, 0) is 27.2 Å². The second-order valence-electron chi connectivity index (χ2n) is 4.47. The lowest BCUT2D eigenvalue weighted by Crippen LogP contribution is -2.46. The van der Waals surface area contributed by atoms with E-state index < -0.39 is 21.5 Å². The molecule has 0 amide bonds. The molecule has 122 valence electrons. The second-order valence-corrected chi connectivity index (χ2v) is 7.26. The van der Waals surface area contributed by atoms with E-state index in [9.17, 15) is 17.2 Å². The molecule has 1 atom stereocenters. The van der Waals surface area contributed by atoms with Crippen LogP contribution in [0.5, 0.6) is 0 Å². The molecule has 10 heteroatoms. The summed E-state index contributed by atoms with van der Waals surface area (Å²) in [6, 6.07) is 0. The van der Waals surface area contributed by atoms with E-state index in [0.717, 1.165) is 13.1 Å². The van der Waals surface area contributed by atoms with E-state index in [1.807, 2.05) is 18.7 Å². The van der Waals surface area contributed by atoms with Gasteiger partial charge in [-0.1, -0.05) is 13.8 Å². The lowest BCUT2D eigenvalue weighted by atomic mass is 10.5. The van der Waals surface area contributed by atoms with E-state index in [4.69, 9.17) is 0 Å². The van der Waals surface area contributed by atoms with Gasteiger partial charge in [0.2, 0.25) is 0 Å². The third-order valence-electron chi connectivity index (χ3n) is 2.77. The van der Waals surface area contributed by atoms with Crippen molar-refractivity contribution < 1.29 is 17.2 Å². The number of likely N-dealkylation sites (N-methyl/N-ethyl adjacent to an activating group) is 2. The molecule has 0 rings (SSSR count). The van der Waals surface area contributed by atoms with Crippen LogP contribution in [0.2, 0.25) is 0 Å². The zero-order chi connectivity index (χ0) is 15.8. The van der Waals surface area contributed by atoms with E-state index in [-0.39, 0.29) is 13.1 Å². The molecule has 1 N–H and O–H groups in total. The molecule has 0 fully saturated rings. The highest BCUT2D eigenvalue weighted by atomic mass is 32.3. The Hall–Kier alpha value is -0.100. The van der Waals surface area contributed by atoms with Crippen molar-refractivity contribution in [3.8, 4) is 0 Å². The number of nitrogens with one attached hydrogen (secondary N) is 1. The molecule has 0 heterocycles. The van der Waals surface area contributed by atoms with Crippen molar-refractivity contribution in [2.24, 2.45) is 0 Å². The molecule has 20 heavy (non-hydrogen) atoms. The molecular formula is C10H25N4O4S2-. The minimum atomic E-state index is -4.01. The van der Waals surface area contributed by atoms with Crippen LogP contribution in [0.4, 0.5) is 0 Å². The Labute approximate surface area is 124 Å². The summed E-state index contributed by atoms with van der Waals surface area (Å²) in [5.41, 5.74) is 0. The van der Waals surface area contributed by atoms with E-state index in [0.29, 0.717) is 16.8 Å². The monoisotopic (exact) mass is 329 g/mol. The quantitative estimate of drug-likeness (QED) is 0.479. The molecule has 0 spiro atoms. The summed E-state index contributed by atoms with van der Waals surface area (Å²) in [7, 11) is -0.405. The molecule has 0 aromatic rings. The van der Waals surface area contributed by atoms with Gasteiger partial charge in [-0.2, -0.15) is 8.42 Å². The Balaban J connectivity index is 4.60. The molecule has 0 saturated heterocycles. The first-order valence-corrected chi connectivity index (χ1v) is 8.95. The van der Waals surface area contributed by atoms with Crippen LogP contribution < -0.4 is 4.72 Å². The van der Waals surface area contributed by atoms with E-state index in [1.54, 1.807) is 19.0 Å². The van der Waals surface area contributed by atoms with Gasteiger partial charge < -0.3 is 14.4 Å². The standard InChI is InChI=1S/C10H26N4O4S2/c1-5-13(6-2)9-10-14(19(15)16)20(17,18)11-7-8-12(3)4/h11H,5-10H2,1-4H3,(H,15,16)/p-1. The maximum absolute atomic E-state index is 11.9. The van der Waals surface area contributed by atoms with Gasteiger partial charge in [-0.25, -0.2) is 4.72 Å². The zero-order valence-corrected chi connectivity index (χ0v) is 14.2. The van der Waals surface area contributed by atoms with Crippen LogP contribution in [-0.4, -0.2) is 84.1 Å². The first-order valence-electron chi connectivity index (χ1n) is 6.48. The average Bonchev–Trinajstić information content (AvgIpc) is 2.33. The van der Waals surface area contributed by atoms with Gasteiger partial charge in [0.05, 0.1) is 0 Å². The lowest BCUT2D eigenvalue weighted by molar-refractivity contribution is 0.291. The highest BCUT2D eigenvalue weighted by Crippen LogP contribution is 2.02. The van der Waals surface area contributed by atoms with E-state index >= 15 is 0 Å². The Morgan fingerprint density at radius 3 is 2.05 bits per heavy atom. The molecule has 8 nitrogen and oxygen atoms in total. The Morgan fingerprint density at radius 1 is 1.10 bits per heavy atom. The third-order valence-corrected chi connectivity index (χ3v) is 5.53. The highest BCUT2D eigenvalue weighted by molar-refractivity contribution is 7.98. The predicted molar refractivity (Wildman–Crippen MR) is 78.9 cm³/mol. The maximum atomic E-state index is 11.9. The molecule has 0 saturated carbocycles. The third kappa shape index (κ3) is 7.62. The fourth-order valence-corrected chi connectivity index (χ4v) is 3.35. The summed E-state index contributed by atoms with van der Waals surface area (Å²) in [5.74, 6) is 0. The molecular weight excluding hydrogens is 304 g/mol. The van der Waals surface area contributed by atoms with Gasteiger partial charge in [0.25, 0.3) is 10.2 Å². The van der Waals surface area contributed by atoms with Crippen LogP contribution in [0.15, 0.2) is 0 Å². The molecule has 0 aliphatic rings. The van der Waals surface area contributed by atoms with Crippen LogP contribution in [0.25, 0.3) is 0 Å². The van der Waals surface area contributed by atoms with Gasteiger partial charge >= 0.3 is 0 Å². The van der Waals surface area contributed by atoms with Crippen molar-refractivity contribution in [2.75, 3.05) is 53.4 Å². The van der Waals surface area contributed by atoms with E-state index in [1.165, 1.54) is 0 Å². The Bertz CT molecular complexity index is 385. The summed E-state index contributed by atoms with van der Waals surface area (Å²) in [6.07, 6.45) is 0. The van der Waals surface area contributed by atoms with Crippen LogP contribution in [0.3, 0.4) is 0 Å². The van der Waals surface area contributed by atoms with Crippen molar-refractivity contribution in [1.82, 2.24) is 18.2 Å². The van der Waals surface area contributed by atoms with Gasteiger partial charge in [0, 0.05) is 37.4 Å². The number of nitrogens with zero attached hydrogens (tertiary/aromatic N) is 3. The average molecular weight is 329 g/mol. The van der Waals surface area contributed by atoms with E-state index in [2.05, 4.69) is 4.72 Å². The Morgan fingerprint density at radius 2 is 1.65 bits per heavy atom.